The summed E-state index contributed by atoms with van der Waals surface area (Å²) < 4.78 is 33.0. The van der Waals surface area contributed by atoms with Crippen molar-refractivity contribution in [3.63, 3.8) is 0 Å². The number of amides is 1. The van der Waals surface area contributed by atoms with Crippen molar-refractivity contribution in [2.45, 2.75) is 58.1 Å². The first-order valence-corrected chi connectivity index (χ1v) is 11.5. The van der Waals surface area contributed by atoms with Gasteiger partial charge in [0.2, 0.25) is 10.0 Å². The van der Waals surface area contributed by atoms with Gasteiger partial charge in [-0.2, -0.15) is 0 Å². The van der Waals surface area contributed by atoms with Crippen molar-refractivity contribution < 1.29 is 22.7 Å². The summed E-state index contributed by atoms with van der Waals surface area (Å²) in [4.78, 5) is 24.7. The third-order valence-electron chi connectivity index (χ3n) is 4.19. The van der Waals surface area contributed by atoms with E-state index < -0.39 is 33.5 Å². The molecule has 0 radical (unpaired) electrons. The zero-order chi connectivity index (χ0) is 23.6. The van der Waals surface area contributed by atoms with Gasteiger partial charge in [0.25, 0.3) is 5.91 Å². The molecule has 0 heterocycles. The number of hydrogen-bond donors (Lipinski definition) is 2. The molecule has 31 heavy (non-hydrogen) atoms. The number of benzene rings is 2. The number of esters is 1. The molecule has 2 N–H and O–H groups in total. The molecule has 0 saturated heterocycles. The predicted molar refractivity (Wildman–Crippen MR) is 121 cm³/mol. The van der Waals surface area contributed by atoms with Crippen LogP contribution < -0.4 is 10.0 Å². The van der Waals surface area contributed by atoms with Crippen LogP contribution in [0.25, 0.3) is 0 Å². The lowest BCUT2D eigenvalue weighted by Gasteiger charge is -2.21. The van der Waals surface area contributed by atoms with Crippen LogP contribution >= 0.6 is 11.6 Å². The van der Waals surface area contributed by atoms with Gasteiger partial charge < -0.3 is 10.1 Å². The number of sulfonamides is 1. The lowest BCUT2D eigenvalue weighted by molar-refractivity contribution is -0.123. The van der Waals surface area contributed by atoms with Gasteiger partial charge in [-0.1, -0.05) is 29.3 Å². The quantitative estimate of drug-likeness (QED) is 0.620. The summed E-state index contributed by atoms with van der Waals surface area (Å²) in [6.45, 7) is 10.3. The maximum absolute atomic E-state index is 12.6. The van der Waals surface area contributed by atoms with Crippen LogP contribution in [0.4, 0.5) is 5.69 Å². The molecule has 9 heteroatoms. The second-order valence-electron chi connectivity index (χ2n) is 8.36. The number of hydrogen-bond acceptors (Lipinski definition) is 5. The van der Waals surface area contributed by atoms with E-state index in [9.17, 15) is 18.0 Å². The number of carbonyl (C=O) groups excluding carboxylic acids is 2. The van der Waals surface area contributed by atoms with Gasteiger partial charge in [0.05, 0.1) is 10.6 Å². The minimum atomic E-state index is -3.97. The predicted octanol–water partition coefficient (Wildman–Crippen LogP) is 4.22. The molecular formula is C22H27ClN2O5S. The summed E-state index contributed by atoms with van der Waals surface area (Å²) in [6, 6.07) is 9.34. The van der Waals surface area contributed by atoms with E-state index >= 15 is 0 Å². The molecule has 0 aliphatic rings. The maximum atomic E-state index is 12.6. The molecular weight excluding hydrogens is 440 g/mol. The SMILES string of the molecule is Cc1ccc(NC(=O)C(C)OC(=O)c2ccc(Cl)c(S(=O)(=O)NC(C)(C)C)c2)c(C)c1. The number of ether oxygens (including phenoxy) is 1. The normalized spacial score (nSPS) is 12.9. The summed E-state index contributed by atoms with van der Waals surface area (Å²) in [5.74, 6) is -1.34. The lowest BCUT2D eigenvalue weighted by atomic mass is 10.1. The highest BCUT2D eigenvalue weighted by Crippen LogP contribution is 2.25. The van der Waals surface area contributed by atoms with Crippen LogP contribution in [0.2, 0.25) is 5.02 Å². The van der Waals surface area contributed by atoms with Crippen molar-refractivity contribution in [2.24, 2.45) is 0 Å². The average molecular weight is 467 g/mol. The molecule has 168 valence electrons. The summed E-state index contributed by atoms with van der Waals surface area (Å²) in [6.07, 6.45) is -1.10. The Morgan fingerprint density at radius 2 is 1.71 bits per heavy atom. The Morgan fingerprint density at radius 1 is 1.06 bits per heavy atom. The van der Waals surface area contributed by atoms with Crippen LogP contribution in [-0.2, 0) is 19.6 Å². The van der Waals surface area contributed by atoms with Crippen LogP contribution in [0, 0.1) is 13.8 Å². The molecule has 1 atom stereocenters. The molecule has 0 bridgehead atoms. The summed E-state index contributed by atoms with van der Waals surface area (Å²) in [5, 5.41) is 2.69. The number of carbonyl (C=O) groups is 2. The fourth-order valence-electron chi connectivity index (χ4n) is 2.76. The third-order valence-corrected chi connectivity index (χ3v) is 6.43. The molecule has 0 saturated carbocycles. The topological polar surface area (TPSA) is 102 Å². The molecule has 1 amide bonds. The first-order chi connectivity index (χ1) is 14.2. The highest BCUT2D eigenvalue weighted by atomic mass is 35.5. The Kier molecular flexibility index (Phi) is 7.52. The Morgan fingerprint density at radius 3 is 2.29 bits per heavy atom. The average Bonchev–Trinajstić information content (AvgIpc) is 2.62. The van der Waals surface area contributed by atoms with Crippen molar-refractivity contribution in [3.8, 4) is 0 Å². The molecule has 1 unspecified atom stereocenters. The highest BCUT2D eigenvalue weighted by molar-refractivity contribution is 7.89. The number of anilines is 1. The Balaban J connectivity index is 2.17. The fraction of sp³-hybridized carbons (Fsp3) is 0.364. The van der Waals surface area contributed by atoms with E-state index in [1.54, 1.807) is 26.8 Å². The maximum Gasteiger partial charge on any atom is 0.338 e. The van der Waals surface area contributed by atoms with Gasteiger partial charge in [0.1, 0.15) is 4.90 Å². The molecule has 2 rings (SSSR count). The number of halogens is 1. The van der Waals surface area contributed by atoms with Crippen LogP contribution in [0.3, 0.4) is 0 Å². The first-order valence-electron chi connectivity index (χ1n) is 9.62. The van der Waals surface area contributed by atoms with Crippen molar-refractivity contribution >= 4 is 39.2 Å². The van der Waals surface area contributed by atoms with Crippen LogP contribution in [-0.4, -0.2) is 31.9 Å². The zero-order valence-corrected chi connectivity index (χ0v) is 19.9. The highest BCUT2D eigenvalue weighted by Gasteiger charge is 2.26. The van der Waals surface area contributed by atoms with E-state index in [2.05, 4.69) is 10.0 Å². The molecule has 7 nitrogen and oxygen atoms in total. The summed E-state index contributed by atoms with van der Waals surface area (Å²) in [5.41, 5.74) is 1.78. The Hall–Kier alpha value is -2.42. The van der Waals surface area contributed by atoms with Crippen LogP contribution in [0.1, 0.15) is 49.2 Å². The van der Waals surface area contributed by atoms with E-state index in [1.807, 2.05) is 26.0 Å². The van der Waals surface area contributed by atoms with E-state index in [0.717, 1.165) is 17.2 Å². The second-order valence-corrected chi connectivity index (χ2v) is 10.4. The lowest BCUT2D eigenvalue weighted by Crippen LogP contribution is -2.40. The summed E-state index contributed by atoms with van der Waals surface area (Å²) in [7, 11) is -3.97. The van der Waals surface area contributed by atoms with E-state index in [-0.39, 0.29) is 15.5 Å². The molecule has 2 aromatic carbocycles. The molecule has 0 aliphatic heterocycles. The Bertz CT molecular complexity index is 1110. The number of nitrogens with one attached hydrogen (secondary N) is 2. The zero-order valence-electron chi connectivity index (χ0n) is 18.4. The van der Waals surface area contributed by atoms with Gasteiger partial charge in [0, 0.05) is 11.2 Å². The number of rotatable bonds is 6. The minimum absolute atomic E-state index is 0.0334. The van der Waals surface area contributed by atoms with Gasteiger partial charge in [0.15, 0.2) is 6.10 Å². The van der Waals surface area contributed by atoms with Crippen molar-refractivity contribution in [2.75, 3.05) is 5.32 Å². The van der Waals surface area contributed by atoms with E-state index in [0.29, 0.717) is 5.69 Å². The largest absolute Gasteiger partial charge is 0.449 e. The van der Waals surface area contributed by atoms with Crippen molar-refractivity contribution in [1.82, 2.24) is 4.72 Å². The third kappa shape index (κ3) is 6.78. The minimum Gasteiger partial charge on any atom is -0.449 e. The summed E-state index contributed by atoms with van der Waals surface area (Å²) >= 11 is 6.05. The monoisotopic (exact) mass is 466 g/mol. The molecule has 0 spiro atoms. The van der Waals surface area contributed by atoms with Gasteiger partial charge in [-0.3, -0.25) is 4.79 Å². The van der Waals surface area contributed by atoms with E-state index in [4.69, 9.17) is 16.3 Å². The van der Waals surface area contributed by atoms with Crippen molar-refractivity contribution in [3.05, 3.63) is 58.1 Å². The molecule has 0 fully saturated rings. The first kappa shape index (κ1) is 24.8. The van der Waals surface area contributed by atoms with Gasteiger partial charge >= 0.3 is 5.97 Å². The van der Waals surface area contributed by atoms with Crippen LogP contribution in [0.15, 0.2) is 41.3 Å². The van der Waals surface area contributed by atoms with E-state index in [1.165, 1.54) is 19.1 Å². The fourth-order valence-corrected chi connectivity index (χ4v) is 4.71. The Labute approximate surface area is 188 Å². The standard InChI is InChI=1S/C22H27ClN2O5S/c1-13-7-10-18(14(2)11-13)24-20(26)15(3)30-21(27)16-8-9-17(23)19(12-16)31(28,29)25-22(4,5)6/h7-12,15,25H,1-6H3,(H,24,26). The van der Waals surface area contributed by atoms with Crippen LogP contribution in [0.5, 0.6) is 0 Å². The molecule has 0 aromatic heterocycles. The second kappa shape index (κ2) is 9.38. The van der Waals surface area contributed by atoms with Gasteiger partial charge in [-0.25, -0.2) is 17.9 Å². The molecule has 2 aromatic rings. The van der Waals surface area contributed by atoms with Gasteiger partial charge in [-0.05, 0) is 71.4 Å². The van der Waals surface area contributed by atoms with Gasteiger partial charge in [-0.15, -0.1) is 0 Å². The smallest absolute Gasteiger partial charge is 0.338 e. The molecule has 0 aliphatic carbocycles. The van der Waals surface area contributed by atoms with Crippen molar-refractivity contribution in [1.29, 1.82) is 0 Å². The number of aryl methyl sites for hydroxylation is 2.